The van der Waals surface area contributed by atoms with Crippen LogP contribution in [0.4, 0.5) is 0 Å². The summed E-state index contributed by atoms with van der Waals surface area (Å²) in [4.78, 5) is 16.2. The van der Waals surface area contributed by atoms with Crippen LogP contribution in [-0.2, 0) is 11.3 Å². The summed E-state index contributed by atoms with van der Waals surface area (Å²) in [6.07, 6.45) is 1.19. The van der Waals surface area contributed by atoms with Gasteiger partial charge in [0.15, 0.2) is 0 Å². The number of hydrogen-bond donors (Lipinski definition) is 1. The lowest BCUT2D eigenvalue weighted by molar-refractivity contribution is 0.0101. The minimum absolute atomic E-state index is 0.374. The molecule has 2 heterocycles. The average Bonchev–Trinajstić information content (AvgIpc) is 2.99. The van der Waals surface area contributed by atoms with E-state index in [1.54, 1.807) is 12.1 Å². The Morgan fingerprint density at radius 1 is 1.30 bits per heavy atom. The fourth-order valence-corrected chi connectivity index (χ4v) is 3.86. The van der Waals surface area contributed by atoms with Crippen molar-refractivity contribution in [3.63, 3.8) is 0 Å². The Balaban J connectivity index is 1.65. The number of nitrogens with zero attached hydrogens (tertiary/aromatic N) is 2. The summed E-state index contributed by atoms with van der Waals surface area (Å²) in [5, 5.41) is 9.13. The first-order valence-corrected chi connectivity index (χ1v) is 8.53. The third kappa shape index (κ3) is 3.91. The highest BCUT2D eigenvalue weighted by molar-refractivity contribution is 5.87. The lowest BCUT2D eigenvalue weighted by Gasteiger charge is -2.34. The molecule has 0 radical (unpaired) electrons. The first-order valence-electron chi connectivity index (χ1n) is 8.53. The van der Waals surface area contributed by atoms with E-state index in [0.29, 0.717) is 17.5 Å². The molecule has 2 unspecified atom stereocenters. The number of hydrogen-bond acceptors (Lipinski definition) is 4. The van der Waals surface area contributed by atoms with Crippen LogP contribution in [0.5, 0.6) is 0 Å². The second-order valence-electron chi connectivity index (χ2n) is 6.58. The maximum Gasteiger partial charge on any atom is 0.335 e. The lowest BCUT2D eigenvalue weighted by atomic mass is 9.99. The van der Waals surface area contributed by atoms with E-state index in [1.807, 2.05) is 12.1 Å². The number of likely N-dealkylation sites (tertiary alicyclic amines) is 1. The van der Waals surface area contributed by atoms with Crippen molar-refractivity contribution in [3.8, 4) is 0 Å². The predicted molar refractivity (Wildman–Crippen MR) is 88.6 cm³/mol. The smallest absolute Gasteiger partial charge is 0.335 e. The molecule has 2 aliphatic rings. The Morgan fingerprint density at radius 3 is 2.78 bits per heavy atom. The zero-order chi connectivity index (χ0) is 16.2. The molecule has 0 aromatic heterocycles. The van der Waals surface area contributed by atoms with E-state index in [0.717, 1.165) is 51.5 Å². The van der Waals surface area contributed by atoms with Crippen molar-refractivity contribution < 1.29 is 14.6 Å². The standard InChI is InChI=1S/C18H26N2O3/c1-2-15-12-19(13-17(15)20-6-8-23-9-7-20)11-14-4-3-5-16(10-14)18(21)22/h3-5,10,15,17H,2,6-9,11-13H2,1H3,(H,21,22). The molecule has 0 amide bonds. The van der Waals surface area contributed by atoms with Crippen LogP contribution in [-0.4, -0.2) is 66.3 Å². The molecule has 0 aliphatic carbocycles. The first-order chi connectivity index (χ1) is 11.2. The Hall–Kier alpha value is -1.43. The van der Waals surface area contributed by atoms with Gasteiger partial charge in [-0.2, -0.15) is 0 Å². The molecule has 1 aromatic rings. The minimum Gasteiger partial charge on any atom is -0.478 e. The molecule has 3 rings (SSSR count). The molecule has 1 aromatic carbocycles. The van der Waals surface area contributed by atoms with E-state index in [-0.39, 0.29) is 0 Å². The summed E-state index contributed by atoms with van der Waals surface area (Å²) < 4.78 is 5.48. The van der Waals surface area contributed by atoms with Gasteiger partial charge in [-0.05, 0) is 23.6 Å². The van der Waals surface area contributed by atoms with Gasteiger partial charge in [0.25, 0.3) is 0 Å². The van der Waals surface area contributed by atoms with Crippen LogP contribution in [0.2, 0.25) is 0 Å². The van der Waals surface area contributed by atoms with Crippen LogP contribution < -0.4 is 0 Å². The molecule has 2 saturated heterocycles. The lowest BCUT2D eigenvalue weighted by Crippen LogP contribution is -2.47. The van der Waals surface area contributed by atoms with Crippen LogP contribution >= 0.6 is 0 Å². The van der Waals surface area contributed by atoms with Crippen LogP contribution in [0, 0.1) is 5.92 Å². The summed E-state index contributed by atoms with van der Waals surface area (Å²) in [6.45, 7) is 9.00. The summed E-state index contributed by atoms with van der Waals surface area (Å²) in [5.41, 5.74) is 1.46. The second-order valence-corrected chi connectivity index (χ2v) is 6.58. The van der Waals surface area contributed by atoms with Gasteiger partial charge in [-0.25, -0.2) is 4.79 Å². The van der Waals surface area contributed by atoms with Gasteiger partial charge in [0.2, 0.25) is 0 Å². The zero-order valence-corrected chi connectivity index (χ0v) is 13.8. The van der Waals surface area contributed by atoms with Gasteiger partial charge < -0.3 is 9.84 Å². The van der Waals surface area contributed by atoms with E-state index >= 15 is 0 Å². The maximum atomic E-state index is 11.1. The summed E-state index contributed by atoms with van der Waals surface area (Å²) in [5.74, 6) is -0.165. The first kappa shape index (κ1) is 16.4. The van der Waals surface area contributed by atoms with Gasteiger partial charge in [0.1, 0.15) is 0 Å². The highest BCUT2D eigenvalue weighted by Crippen LogP contribution is 2.27. The fraction of sp³-hybridized carbons (Fsp3) is 0.611. The van der Waals surface area contributed by atoms with Gasteiger partial charge in [-0.15, -0.1) is 0 Å². The molecule has 0 bridgehead atoms. The van der Waals surface area contributed by atoms with Crippen molar-refractivity contribution in [1.29, 1.82) is 0 Å². The van der Waals surface area contributed by atoms with E-state index in [4.69, 9.17) is 9.84 Å². The second kappa shape index (κ2) is 7.43. The van der Waals surface area contributed by atoms with E-state index in [9.17, 15) is 4.79 Å². The quantitative estimate of drug-likeness (QED) is 0.899. The van der Waals surface area contributed by atoms with Crippen LogP contribution in [0.3, 0.4) is 0 Å². The molecule has 5 nitrogen and oxygen atoms in total. The van der Waals surface area contributed by atoms with Gasteiger partial charge >= 0.3 is 5.97 Å². The molecular formula is C18H26N2O3. The van der Waals surface area contributed by atoms with Crippen molar-refractivity contribution in [2.24, 2.45) is 5.92 Å². The van der Waals surface area contributed by atoms with Gasteiger partial charge in [-0.3, -0.25) is 9.80 Å². The fourth-order valence-electron chi connectivity index (χ4n) is 3.86. The third-order valence-electron chi connectivity index (χ3n) is 5.10. The molecule has 0 spiro atoms. The highest BCUT2D eigenvalue weighted by atomic mass is 16.5. The molecule has 23 heavy (non-hydrogen) atoms. The van der Waals surface area contributed by atoms with Gasteiger partial charge in [0.05, 0.1) is 18.8 Å². The SMILES string of the molecule is CCC1CN(Cc2cccc(C(=O)O)c2)CC1N1CCOCC1. The average molecular weight is 318 g/mol. The number of ether oxygens (including phenoxy) is 1. The van der Waals surface area contributed by atoms with Crippen molar-refractivity contribution >= 4 is 5.97 Å². The summed E-state index contributed by atoms with van der Waals surface area (Å²) in [6, 6.07) is 7.92. The van der Waals surface area contributed by atoms with Crippen LogP contribution in [0.15, 0.2) is 24.3 Å². The van der Waals surface area contributed by atoms with Crippen molar-refractivity contribution in [1.82, 2.24) is 9.80 Å². The molecule has 2 aliphatic heterocycles. The number of benzene rings is 1. The van der Waals surface area contributed by atoms with Crippen LogP contribution in [0.25, 0.3) is 0 Å². The minimum atomic E-state index is -0.856. The largest absolute Gasteiger partial charge is 0.478 e. The molecule has 0 saturated carbocycles. The van der Waals surface area contributed by atoms with Crippen molar-refractivity contribution in [2.75, 3.05) is 39.4 Å². The number of carboxylic acids is 1. The Morgan fingerprint density at radius 2 is 2.09 bits per heavy atom. The third-order valence-corrected chi connectivity index (χ3v) is 5.10. The normalized spacial score (nSPS) is 26.5. The van der Waals surface area contributed by atoms with E-state index < -0.39 is 5.97 Å². The Bertz CT molecular complexity index is 543. The topological polar surface area (TPSA) is 53.0 Å². The van der Waals surface area contributed by atoms with Crippen molar-refractivity contribution in [3.05, 3.63) is 35.4 Å². The number of carboxylic acid groups (broad SMARTS) is 1. The van der Waals surface area contributed by atoms with Gasteiger partial charge in [-0.1, -0.05) is 25.5 Å². The molecular weight excluding hydrogens is 292 g/mol. The number of morpholine rings is 1. The Labute approximate surface area is 137 Å². The Kier molecular flexibility index (Phi) is 5.30. The predicted octanol–water partition coefficient (Wildman–Crippen LogP) is 1.93. The monoisotopic (exact) mass is 318 g/mol. The summed E-state index contributed by atoms with van der Waals surface area (Å²) in [7, 11) is 0. The number of aromatic carboxylic acids is 1. The highest BCUT2D eigenvalue weighted by Gasteiger charge is 2.35. The molecule has 126 valence electrons. The van der Waals surface area contributed by atoms with Crippen molar-refractivity contribution in [2.45, 2.75) is 25.9 Å². The summed E-state index contributed by atoms with van der Waals surface area (Å²) >= 11 is 0. The molecule has 1 N–H and O–H groups in total. The van der Waals surface area contributed by atoms with E-state index in [2.05, 4.69) is 16.7 Å². The number of rotatable bonds is 5. The zero-order valence-electron chi connectivity index (χ0n) is 13.8. The molecule has 5 heteroatoms. The molecule has 2 fully saturated rings. The molecule has 2 atom stereocenters. The number of carbonyl (C=O) groups is 1. The van der Waals surface area contributed by atoms with Gasteiger partial charge in [0, 0.05) is 38.8 Å². The van der Waals surface area contributed by atoms with Crippen LogP contribution in [0.1, 0.15) is 29.3 Å². The van der Waals surface area contributed by atoms with E-state index in [1.165, 1.54) is 6.42 Å². The maximum absolute atomic E-state index is 11.1.